The molecule has 0 spiro atoms. The topological polar surface area (TPSA) is 43.0 Å². The van der Waals surface area contributed by atoms with Crippen LogP contribution in [0.5, 0.6) is 0 Å². The van der Waals surface area contributed by atoms with Crippen LogP contribution < -0.4 is 5.32 Å². The maximum Gasteiger partial charge on any atom is 0.125 e. The Morgan fingerprint density at radius 2 is 2.22 bits per heavy atom. The van der Waals surface area contributed by atoms with Gasteiger partial charge in [0.05, 0.1) is 12.2 Å². The molecule has 0 bridgehead atoms. The zero-order chi connectivity index (χ0) is 13.0. The van der Waals surface area contributed by atoms with Gasteiger partial charge in [-0.3, -0.25) is 4.68 Å². The average molecular weight is 247 g/mol. The van der Waals surface area contributed by atoms with E-state index in [1.54, 1.807) is 0 Å². The molecule has 98 valence electrons. The number of aryl methyl sites for hydroxylation is 2. The van der Waals surface area contributed by atoms with Crippen molar-refractivity contribution in [1.29, 1.82) is 0 Å². The van der Waals surface area contributed by atoms with Crippen LogP contribution in [0.3, 0.4) is 0 Å². The molecule has 0 saturated carbocycles. The minimum Gasteiger partial charge on any atom is -0.464 e. The van der Waals surface area contributed by atoms with Crippen LogP contribution in [-0.2, 0) is 13.1 Å². The van der Waals surface area contributed by atoms with Gasteiger partial charge in [-0.15, -0.1) is 0 Å². The average Bonchev–Trinajstić information content (AvgIpc) is 2.87. The molecule has 2 aromatic rings. The van der Waals surface area contributed by atoms with Crippen molar-refractivity contribution in [2.24, 2.45) is 0 Å². The van der Waals surface area contributed by atoms with Crippen molar-refractivity contribution in [2.45, 2.75) is 40.3 Å². The molecule has 0 atom stereocenters. The maximum atomic E-state index is 5.76. The van der Waals surface area contributed by atoms with Gasteiger partial charge in [-0.1, -0.05) is 6.92 Å². The van der Waals surface area contributed by atoms with Crippen LogP contribution in [-0.4, -0.2) is 16.3 Å². The van der Waals surface area contributed by atoms with Crippen molar-refractivity contribution in [3.63, 3.8) is 0 Å². The number of furan rings is 1. The van der Waals surface area contributed by atoms with Crippen LogP contribution in [0.1, 0.15) is 36.1 Å². The lowest BCUT2D eigenvalue weighted by atomic mass is 10.2. The first-order valence-corrected chi connectivity index (χ1v) is 6.48. The highest BCUT2D eigenvalue weighted by atomic mass is 16.3. The quantitative estimate of drug-likeness (QED) is 0.798. The summed E-state index contributed by atoms with van der Waals surface area (Å²) in [4.78, 5) is 0. The fraction of sp³-hybridized carbons (Fsp3) is 0.500. The summed E-state index contributed by atoms with van der Waals surface area (Å²) in [7, 11) is 0. The van der Waals surface area contributed by atoms with Gasteiger partial charge in [0.15, 0.2) is 0 Å². The lowest BCUT2D eigenvalue weighted by Gasteiger charge is -1.99. The maximum absolute atomic E-state index is 5.76. The minimum atomic E-state index is 0.697. The Labute approximate surface area is 108 Å². The molecule has 2 heterocycles. The molecule has 0 aromatic carbocycles. The van der Waals surface area contributed by atoms with Gasteiger partial charge in [-0.05, 0) is 38.9 Å². The van der Waals surface area contributed by atoms with E-state index in [2.05, 4.69) is 23.4 Å². The molecule has 0 saturated heterocycles. The number of rotatable bonds is 6. The molecular weight excluding hydrogens is 226 g/mol. The van der Waals surface area contributed by atoms with Crippen molar-refractivity contribution in [2.75, 3.05) is 6.54 Å². The standard InChI is InChI=1S/C14H21N3O/c1-4-6-15-9-13-8-14(18-12(13)3)10-17-7-5-11(2)16-17/h5,7-8,15H,4,6,9-10H2,1-3H3. The largest absolute Gasteiger partial charge is 0.464 e. The second kappa shape index (κ2) is 5.87. The molecule has 0 aliphatic heterocycles. The molecule has 0 fully saturated rings. The normalized spacial score (nSPS) is 11.1. The van der Waals surface area contributed by atoms with E-state index in [0.717, 1.165) is 36.7 Å². The first kappa shape index (κ1) is 12.9. The molecule has 1 N–H and O–H groups in total. The molecule has 4 heteroatoms. The van der Waals surface area contributed by atoms with E-state index in [4.69, 9.17) is 4.42 Å². The summed E-state index contributed by atoms with van der Waals surface area (Å²) in [6.45, 7) is 8.79. The highest BCUT2D eigenvalue weighted by Crippen LogP contribution is 2.15. The molecule has 4 nitrogen and oxygen atoms in total. The molecule has 18 heavy (non-hydrogen) atoms. The van der Waals surface area contributed by atoms with Gasteiger partial charge >= 0.3 is 0 Å². The van der Waals surface area contributed by atoms with Crippen LogP contribution in [0.25, 0.3) is 0 Å². The highest BCUT2D eigenvalue weighted by Gasteiger charge is 2.07. The summed E-state index contributed by atoms with van der Waals surface area (Å²) >= 11 is 0. The van der Waals surface area contributed by atoms with Crippen LogP contribution in [0.15, 0.2) is 22.7 Å². The molecule has 0 aliphatic rings. The minimum absolute atomic E-state index is 0.697. The fourth-order valence-corrected chi connectivity index (χ4v) is 1.95. The lowest BCUT2D eigenvalue weighted by molar-refractivity contribution is 0.455. The Morgan fingerprint density at radius 3 is 2.89 bits per heavy atom. The van der Waals surface area contributed by atoms with Crippen LogP contribution in [0.2, 0.25) is 0 Å². The summed E-state index contributed by atoms with van der Waals surface area (Å²) < 4.78 is 7.66. The Kier molecular flexibility index (Phi) is 4.20. The molecule has 2 rings (SSSR count). The Balaban J connectivity index is 1.99. The smallest absolute Gasteiger partial charge is 0.125 e. The third kappa shape index (κ3) is 3.23. The van der Waals surface area contributed by atoms with E-state index >= 15 is 0 Å². The third-order valence-electron chi connectivity index (χ3n) is 2.91. The van der Waals surface area contributed by atoms with E-state index in [9.17, 15) is 0 Å². The first-order valence-electron chi connectivity index (χ1n) is 6.48. The predicted octanol–water partition coefficient (Wildman–Crippen LogP) is 2.64. The monoisotopic (exact) mass is 247 g/mol. The van der Waals surface area contributed by atoms with Gasteiger partial charge < -0.3 is 9.73 Å². The highest BCUT2D eigenvalue weighted by molar-refractivity contribution is 5.20. The molecular formula is C14H21N3O. The van der Waals surface area contributed by atoms with E-state index in [1.807, 2.05) is 30.8 Å². The molecule has 0 unspecified atom stereocenters. The Morgan fingerprint density at radius 1 is 1.39 bits per heavy atom. The summed E-state index contributed by atoms with van der Waals surface area (Å²) in [6.07, 6.45) is 3.12. The second-order valence-corrected chi connectivity index (χ2v) is 4.63. The SMILES string of the molecule is CCCNCc1cc(Cn2ccc(C)n2)oc1C. The number of hydrogen-bond donors (Lipinski definition) is 1. The summed E-state index contributed by atoms with van der Waals surface area (Å²) in [5.41, 5.74) is 2.27. The lowest BCUT2D eigenvalue weighted by Crippen LogP contribution is -2.13. The fourth-order valence-electron chi connectivity index (χ4n) is 1.95. The zero-order valence-corrected chi connectivity index (χ0v) is 11.4. The molecule has 0 amide bonds. The van der Waals surface area contributed by atoms with Gasteiger partial charge in [0, 0.05) is 18.3 Å². The number of nitrogens with one attached hydrogen (secondary N) is 1. The Bertz CT molecular complexity index is 499. The van der Waals surface area contributed by atoms with E-state index < -0.39 is 0 Å². The summed E-state index contributed by atoms with van der Waals surface area (Å²) in [5.74, 6) is 1.96. The van der Waals surface area contributed by atoms with Gasteiger partial charge in [-0.25, -0.2) is 0 Å². The van der Waals surface area contributed by atoms with Crippen molar-refractivity contribution in [1.82, 2.24) is 15.1 Å². The van der Waals surface area contributed by atoms with Crippen LogP contribution in [0, 0.1) is 13.8 Å². The van der Waals surface area contributed by atoms with Gasteiger partial charge in [0.1, 0.15) is 11.5 Å². The molecule has 0 aliphatic carbocycles. The van der Waals surface area contributed by atoms with Gasteiger partial charge in [0.2, 0.25) is 0 Å². The van der Waals surface area contributed by atoms with Crippen molar-refractivity contribution in [3.8, 4) is 0 Å². The summed E-state index contributed by atoms with van der Waals surface area (Å²) in [6, 6.07) is 4.12. The van der Waals surface area contributed by atoms with Gasteiger partial charge in [-0.2, -0.15) is 5.10 Å². The second-order valence-electron chi connectivity index (χ2n) is 4.63. The summed E-state index contributed by atoms with van der Waals surface area (Å²) in [5, 5.41) is 7.75. The van der Waals surface area contributed by atoms with E-state index in [1.165, 1.54) is 5.56 Å². The van der Waals surface area contributed by atoms with Crippen LogP contribution in [0.4, 0.5) is 0 Å². The number of aromatic nitrogens is 2. The van der Waals surface area contributed by atoms with Crippen molar-refractivity contribution >= 4 is 0 Å². The van der Waals surface area contributed by atoms with Crippen molar-refractivity contribution in [3.05, 3.63) is 41.1 Å². The first-order chi connectivity index (χ1) is 8.69. The van der Waals surface area contributed by atoms with Gasteiger partial charge in [0.25, 0.3) is 0 Å². The van der Waals surface area contributed by atoms with E-state index in [0.29, 0.717) is 6.54 Å². The number of nitrogens with zero attached hydrogens (tertiary/aromatic N) is 2. The number of hydrogen-bond acceptors (Lipinski definition) is 3. The van der Waals surface area contributed by atoms with Crippen molar-refractivity contribution < 1.29 is 4.42 Å². The van der Waals surface area contributed by atoms with Crippen LogP contribution >= 0.6 is 0 Å². The predicted molar refractivity (Wildman–Crippen MR) is 71.5 cm³/mol. The molecule has 2 aromatic heterocycles. The van der Waals surface area contributed by atoms with E-state index in [-0.39, 0.29) is 0 Å². The Hall–Kier alpha value is -1.55. The third-order valence-corrected chi connectivity index (χ3v) is 2.91. The zero-order valence-electron chi connectivity index (χ0n) is 11.4. The molecule has 0 radical (unpaired) electrons.